The van der Waals surface area contributed by atoms with Gasteiger partial charge in [-0.25, -0.2) is 0 Å². The number of halogens is 1. The Labute approximate surface area is 202 Å². The number of pyridine rings is 1. The first-order valence-corrected chi connectivity index (χ1v) is 11.8. The lowest BCUT2D eigenvalue weighted by atomic mass is 9.82. The van der Waals surface area contributed by atoms with E-state index in [0.29, 0.717) is 22.2 Å². The minimum atomic E-state index is -0.0171. The third-order valence-corrected chi connectivity index (χ3v) is 6.48. The summed E-state index contributed by atoms with van der Waals surface area (Å²) in [6.45, 7) is 8.23. The van der Waals surface area contributed by atoms with E-state index >= 15 is 0 Å². The van der Waals surface area contributed by atoms with Crippen LogP contribution in [-0.4, -0.2) is 18.1 Å². The van der Waals surface area contributed by atoms with Gasteiger partial charge in [-0.1, -0.05) is 50.4 Å². The number of nitrogens with two attached hydrogens (primary N) is 1. The Morgan fingerprint density at radius 3 is 2.61 bits per heavy atom. The van der Waals surface area contributed by atoms with E-state index in [0.717, 1.165) is 47.1 Å². The van der Waals surface area contributed by atoms with Gasteiger partial charge in [0.2, 0.25) is 0 Å². The van der Waals surface area contributed by atoms with E-state index in [-0.39, 0.29) is 11.9 Å². The number of ether oxygens (including phenoxy) is 1. The van der Waals surface area contributed by atoms with E-state index in [4.69, 9.17) is 22.1 Å². The first-order chi connectivity index (χ1) is 15.7. The predicted molar refractivity (Wildman–Crippen MR) is 135 cm³/mol. The number of nitrogen functional groups attached to an aromatic ring is 1. The number of rotatable bonds is 4. The second-order valence-electron chi connectivity index (χ2n) is 8.70. The third-order valence-electron chi connectivity index (χ3n) is 6.06. The fourth-order valence-electron chi connectivity index (χ4n) is 4.30. The van der Waals surface area contributed by atoms with Crippen molar-refractivity contribution in [2.75, 3.05) is 12.8 Å². The van der Waals surface area contributed by atoms with E-state index < -0.39 is 0 Å². The molecule has 1 heterocycles. The standard InChI is InChI=1S/C18H18ClN3.C9H16O2/c1-4-5-14(16-9-22-10-17(21)18(16)19)15-7-13(8-20)11(2)6-12(15)3;1-7-4-3-5-8(6-7)9(10)11-2/h5-7,9-10H,4,21H2,1-3H3;7-8H,3-6H2,1-2H3/b14-5+;. The maximum atomic E-state index is 11.1. The molecule has 1 aliphatic rings. The van der Waals surface area contributed by atoms with Crippen molar-refractivity contribution in [2.45, 2.75) is 59.8 Å². The molecule has 33 heavy (non-hydrogen) atoms. The topological polar surface area (TPSA) is 89.0 Å². The molecule has 0 aliphatic heterocycles. The molecule has 2 N–H and O–H groups in total. The third kappa shape index (κ3) is 6.82. The number of hydrogen-bond acceptors (Lipinski definition) is 5. The number of nitrogens with zero attached hydrogens (tertiary/aromatic N) is 2. The lowest BCUT2D eigenvalue weighted by Crippen LogP contribution is -2.22. The maximum absolute atomic E-state index is 11.1. The second-order valence-corrected chi connectivity index (χ2v) is 9.08. The van der Waals surface area contributed by atoms with Gasteiger partial charge in [0.25, 0.3) is 0 Å². The van der Waals surface area contributed by atoms with E-state index in [9.17, 15) is 10.1 Å². The Kier molecular flexibility index (Phi) is 9.94. The van der Waals surface area contributed by atoms with E-state index in [1.807, 2.05) is 26.0 Å². The van der Waals surface area contributed by atoms with Gasteiger partial charge in [-0.15, -0.1) is 0 Å². The molecule has 5 nitrogen and oxygen atoms in total. The Bertz CT molecular complexity index is 1060. The highest BCUT2D eigenvalue weighted by Gasteiger charge is 2.25. The van der Waals surface area contributed by atoms with Crippen molar-refractivity contribution in [3.05, 3.63) is 63.4 Å². The SMILES string of the molecule is CC/C=C(\c1cc(C#N)c(C)cc1C)c1cncc(N)c1Cl.COC(=O)C1CCCC(C)C1. The number of aryl methyl sites for hydroxylation is 2. The van der Waals surface area contributed by atoms with Crippen LogP contribution in [0.5, 0.6) is 0 Å². The molecule has 1 aromatic carbocycles. The molecule has 0 saturated heterocycles. The van der Waals surface area contributed by atoms with E-state index in [1.165, 1.54) is 26.1 Å². The van der Waals surface area contributed by atoms with Gasteiger partial charge >= 0.3 is 5.97 Å². The molecule has 1 saturated carbocycles. The van der Waals surface area contributed by atoms with Gasteiger partial charge in [0.05, 0.1) is 41.6 Å². The average Bonchev–Trinajstić information content (AvgIpc) is 2.80. The number of nitriles is 1. The van der Waals surface area contributed by atoms with Gasteiger partial charge in [-0.2, -0.15) is 5.26 Å². The number of carbonyl (C=O) groups is 1. The second kappa shape index (κ2) is 12.4. The number of methoxy groups -OCH3 is 1. The van der Waals surface area contributed by atoms with Crippen LogP contribution >= 0.6 is 11.6 Å². The summed E-state index contributed by atoms with van der Waals surface area (Å²) in [6, 6.07) is 6.16. The fourth-order valence-corrected chi connectivity index (χ4v) is 4.49. The molecule has 2 atom stereocenters. The smallest absolute Gasteiger partial charge is 0.308 e. The zero-order valence-electron chi connectivity index (χ0n) is 20.2. The van der Waals surface area contributed by atoms with Crippen molar-refractivity contribution in [3.63, 3.8) is 0 Å². The zero-order valence-corrected chi connectivity index (χ0v) is 21.0. The van der Waals surface area contributed by atoms with Crippen LogP contribution in [0.3, 0.4) is 0 Å². The molecule has 0 spiro atoms. The fraction of sp³-hybridized carbons (Fsp3) is 0.444. The molecule has 0 radical (unpaired) electrons. The molecule has 6 heteroatoms. The summed E-state index contributed by atoms with van der Waals surface area (Å²) in [5.41, 5.74) is 11.8. The van der Waals surface area contributed by atoms with Crippen LogP contribution in [0, 0.1) is 37.0 Å². The first kappa shape index (κ1) is 26.4. The number of carbonyl (C=O) groups excluding carboxylic acids is 1. The Hall–Kier alpha value is -2.84. The molecule has 3 rings (SSSR count). The lowest BCUT2D eigenvalue weighted by molar-refractivity contribution is -0.147. The zero-order chi connectivity index (χ0) is 24.5. The van der Waals surface area contributed by atoms with Crippen LogP contribution in [-0.2, 0) is 9.53 Å². The molecule has 2 aromatic rings. The van der Waals surface area contributed by atoms with Crippen LogP contribution in [0.4, 0.5) is 5.69 Å². The maximum Gasteiger partial charge on any atom is 0.308 e. The Morgan fingerprint density at radius 2 is 2.00 bits per heavy atom. The van der Waals surface area contributed by atoms with Gasteiger partial charge in [0, 0.05) is 11.8 Å². The molecule has 1 aromatic heterocycles. The summed E-state index contributed by atoms with van der Waals surface area (Å²) >= 11 is 6.36. The van der Waals surface area contributed by atoms with Gasteiger partial charge in [0.1, 0.15) is 0 Å². The molecule has 176 valence electrons. The Morgan fingerprint density at radius 1 is 1.27 bits per heavy atom. The average molecular weight is 468 g/mol. The quantitative estimate of drug-likeness (QED) is 0.509. The molecular formula is C27H34ClN3O2. The molecule has 1 fully saturated rings. The van der Waals surface area contributed by atoms with Crippen LogP contribution in [0.25, 0.3) is 5.57 Å². The van der Waals surface area contributed by atoms with Crippen molar-refractivity contribution in [1.82, 2.24) is 4.98 Å². The number of benzene rings is 1. The molecule has 0 bridgehead atoms. The minimum Gasteiger partial charge on any atom is -0.469 e. The van der Waals surface area contributed by atoms with Gasteiger partial charge < -0.3 is 10.5 Å². The summed E-state index contributed by atoms with van der Waals surface area (Å²) in [7, 11) is 1.47. The molecular weight excluding hydrogens is 434 g/mol. The number of anilines is 1. The summed E-state index contributed by atoms with van der Waals surface area (Å²) in [5.74, 6) is 0.869. The summed E-state index contributed by atoms with van der Waals surface area (Å²) < 4.78 is 4.70. The van der Waals surface area contributed by atoms with Crippen LogP contribution in [0.15, 0.2) is 30.6 Å². The van der Waals surface area contributed by atoms with Crippen molar-refractivity contribution in [3.8, 4) is 6.07 Å². The first-order valence-electron chi connectivity index (χ1n) is 11.4. The molecule has 2 unspecified atom stereocenters. The van der Waals surface area contributed by atoms with Gasteiger partial charge in [-0.3, -0.25) is 9.78 Å². The number of esters is 1. The largest absolute Gasteiger partial charge is 0.469 e. The lowest BCUT2D eigenvalue weighted by Gasteiger charge is -2.24. The number of allylic oxidation sites excluding steroid dienone is 1. The number of hydrogen-bond donors (Lipinski definition) is 1. The van der Waals surface area contributed by atoms with Crippen LogP contribution < -0.4 is 5.73 Å². The van der Waals surface area contributed by atoms with Crippen LogP contribution in [0.2, 0.25) is 5.02 Å². The number of aromatic nitrogens is 1. The predicted octanol–water partition coefficient (Wildman–Crippen LogP) is 6.63. The molecule has 1 aliphatic carbocycles. The van der Waals surface area contributed by atoms with Crippen molar-refractivity contribution in [1.29, 1.82) is 5.26 Å². The summed E-state index contributed by atoms with van der Waals surface area (Å²) in [5, 5.41) is 9.78. The van der Waals surface area contributed by atoms with Crippen molar-refractivity contribution < 1.29 is 9.53 Å². The van der Waals surface area contributed by atoms with E-state index in [2.05, 4.69) is 31.0 Å². The van der Waals surface area contributed by atoms with Gasteiger partial charge in [0.15, 0.2) is 0 Å². The van der Waals surface area contributed by atoms with Crippen molar-refractivity contribution >= 4 is 28.8 Å². The van der Waals surface area contributed by atoms with E-state index in [1.54, 1.807) is 6.20 Å². The van der Waals surface area contributed by atoms with Gasteiger partial charge in [-0.05, 0) is 67.4 Å². The molecule has 0 amide bonds. The normalized spacial score (nSPS) is 18.0. The van der Waals surface area contributed by atoms with Crippen LogP contribution in [0.1, 0.15) is 73.8 Å². The highest BCUT2D eigenvalue weighted by atomic mass is 35.5. The minimum absolute atomic E-state index is 0.0171. The highest BCUT2D eigenvalue weighted by Crippen LogP contribution is 2.35. The summed E-state index contributed by atoms with van der Waals surface area (Å²) in [6.07, 6.45) is 10.7. The monoisotopic (exact) mass is 467 g/mol. The highest BCUT2D eigenvalue weighted by molar-refractivity contribution is 6.35. The summed E-state index contributed by atoms with van der Waals surface area (Å²) in [4.78, 5) is 15.2. The van der Waals surface area contributed by atoms with Crippen molar-refractivity contribution in [2.24, 2.45) is 11.8 Å². The Balaban J connectivity index is 0.000000294.